The molecular formula is C17H18N4O3S3. The summed E-state index contributed by atoms with van der Waals surface area (Å²) in [6.45, 7) is 0.989. The maximum absolute atomic E-state index is 12.5. The first-order valence-electron chi connectivity index (χ1n) is 8.48. The highest BCUT2D eigenvalue weighted by Gasteiger charge is 2.27. The van der Waals surface area contributed by atoms with Gasteiger partial charge < -0.3 is 4.90 Å². The summed E-state index contributed by atoms with van der Waals surface area (Å²) in [5, 5.41) is 5.15. The lowest BCUT2D eigenvalue weighted by atomic mass is 10.1. The molecule has 1 aliphatic heterocycles. The topological polar surface area (TPSA) is 91.4 Å². The monoisotopic (exact) mass is 422 g/mol. The van der Waals surface area contributed by atoms with Gasteiger partial charge in [-0.15, -0.1) is 11.3 Å². The molecule has 142 valence electrons. The summed E-state index contributed by atoms with van der Waals surface area (Å²) in [5.74, 6) is 0. The average molecular weight is 423 g/mol. The zero-order valence-electron chi connectivity index (χ0n) is 14.3. The first-order chi connectivity index (χ1) is 13.0. The van der Waals surface area contributed by atoms with Crippen molar-refractivity contribution in [3.63, 3.8) is 0 Å². The Bertz CT molecular complexity index is 1010. The molecule has 3 heterocycles. The van der Waals surface area contributed by atoms with Crippen LogP contribution in [0, 0.1) is 0 Å². The number of anilines is 1. The lowest BCUT2D eigenvalue weighted by molar-refractivity contribution is 0.193. The average Bonchev–Trinajstić information content (AvgIpc) is 3.31. The minimum atomic E-state index is -3.48. The van der Waals surface area contributed by atoms with Gasteiger partial charge in [-0.2, -0.15) is 0 Å². The van der Waals surface area contributed by atoms with E-state index in [4.69, 9.17) is 0 Å². The zero-order chi connectivity index (χ0) is 18.9. The van der Waals surface area contributed by atoms with E-state index in [1.54, 1.807) is 22.4 Å². The first kappa shape index (κ1) is 18.4. The van der Waals surface area contributed by atoms with Crippen molar-refractivity contribution < 1.29 is 13.2 Å². The minimum Gasteiger partial charge on any atom is -0.324 e. The number of likely N-dealkylation sites (tertiary alicyclic amines) is 1. The summed E-state index contributed by atoms with van der Waals surface area (Å²) in [6, 6.07) is 10.7. The number of nitrogens with zero attached hydrogens (tertiary/aromatic N) is 2. The van der Waals surface area contributed by atoms with Crippen LogP contribution in [0.1, 0.15) is 12.8 Å². The number of benzene rings is 1. The summed E-state index contributed by atoms with van der Waals surface area (Å²) < 4.78 is 28.7. The fourth-order valence-electron chi connectivity index (χ4n) is 2.99. The van der Waals surface area contributed by atoms with Crippen molar-refractivity contribution in [3.8, 4) is 0 Å². The lowest BCUT2D eigenvalue weighted by Crippen LogP contribution is -2.47. The van der Waals surface area contributed by atoms with Crippen LogP contribution in [0.25, 0.3) is 10.2 Å². The number of para-hydroxylation sites is 1. The highest BCUT2D eigenvalue weighted by atomic mass is 32.2. The largest absolute Gasteiger partial charge is 0.324 e. The summed E-state index contributed by atoms with van der Waals surface area (Å²) in [4.78, 5) is 18.6. The number of thiazole rings is 1. The molecule has 0 saturated carbocycles. The molecule has 0 aliphatic carbocycles. The number of thiophene rings is 1. The van der Waals surface area contributed by atoms with E-state index in [1.165, 1.54) is 22.7 Å². The SMILES string of the molecule is O=C(Nc1nc2ccccc2s1)N1CCC(NS(=O)(=O)c2cccs2)CC1. The molecule has 2 N–H and O–H groups in total. The summed E-state index contributed by atoms with van der Waals surface area (Å²) in [7, 11) is -3.48. The maximum Gasteiger partial charge on any atom is 0.323 e. The van der Waals surface area contributed by atoms with Gasteiger partial charge in [0.15, 0.2) is 5.13 Å². The van der Waals surface area contributed by atoms with Crippen LogP contribution < -0.4 is 10.0 Å². The Morgan fingerprint density at radius 3 is 2.63 bits per heavy atom. The van der Waals surface area contributed by atoms with E-state index < -0.39 is 10.0 Å². The van der Waals surface area contributed by atoms with Crippen molar-refractivity contribution in [1.82, 2.24) is 14.6 Å². The van der Waals surface area contributed by atoms with E-state index in [1.807, 2.05) is 24.3 Å². The van der Waals surface area contributed by atoms with Gasteiger partial charge in [-0.3, -0.25) is 5.32 Å². The van der Waals surface area contributed by atoms with Crippen LogP contribution in [-0.4, -0.2) is 43.5 Å². The van der Waals surface area contributed by atoms with Crippen LogP contribution in [0.2, 0.25) is 0 Å². The molecule has 0 atom stereocenters. The second kappa shape index (κ2) is 7.55. The Balaban J connectivity index is 1.32. The molecule has 0 radical (unpaired) electrons. The standard InChI is InChI=1S/C17H18N4O3S3/c22-17(19-16-18-13-4-1-2-5-14(13)26-16)21-9-7-12(8-10-21)20-27(23,24)15-6-3-11-25-15/h1-6,11-12,20H,7-10H2,(H,18,19,22). The Morgan fingerprint density at radius 1 is 1.15 bits per heavy atom. The Kier molecular flexibility index (Phi) is 5.13. The molecule has 7 nitrogen and oxygen atoms in total. The molecule has 10 heteroatoms. The number of amides is 2. The van der Waals surface area contributed by atoms with Crippen molar-refractivity contribution in [2.75, 3.05) is 18.4 Å². The van der Waals surface area contributed by atoms with Crippen molar-refractivity contribution in [2.24, 2.45) is 0 Å². The molecule has 1 aromatic carbocycles. The molecule has 1 aliphatic rings. The van der Waals surface area contributed by atoms with Gasteiger partial charge in [0.25, 0.3) is 0 Å². The van der Waals surface area contributed by atoms with Crippen molar-refractivity contribution in [2.45, 2.75) is 23.1 Å². The van der Waals surface area contributed by atoms with Gasteiger partial charge in [-0.25, -0.2) is 22.9 Å². The molecule has 4 rings (SSSR count). The van der Waals surface area contributed by atoms with Gasteiger partial charge in [0.1, 0.15) is 4.21 Å². The number of rotatable bonds is 4. The Labute approximate surface area is 165 Å². The maximum atomic E-state index is 12.5. The highest BCUT2D eigenvalue weighted by molar-refractivity contribution is 7.91. The number of fused-ring (bicyclic) bond motifs is 1. The van der Waals surface area contributed by atoms with Crippen LogP contribution >= 0.6 is 22.7 Å². The lowest BCUT2D eigenvalue weighted by Gasteiger charge is -2.31. The molecule has 0 spiro atoms. The number of sulfonamides is 1. The normalized spacial score (nSPS) is 15.9. The fraction of sp³-hybridized carbons (Fsp3) is 0.294. The number of aromatic nitrogens is 1. The van der Waals surface area contributed by atoms with Gasteiger partial charge in [0.2, 0.25) is 10.0 Å². The Hall–Kier alpha value is -2.01. The van der Waals surface area contributed by atoms with E-state index in [-0.39, 0.29) is 12.1 Å². The number of nitrogens with one attached hydrogen (secondary N) is 2. The molecule has 27 heavy (non-hydrogen) atoms. The number of piperidine rings is 1. The van der Waals surface area contributed by atoms with Crippen LogP contribution in [0.4, 0.5) is 9.93 Å². The van der Waals surface area contributed by atoms with E-state index in [2.05, 4.69) is 15.0 Å². The predicted octanol–water partition coefficient (Wildman–Crippen LogP) is 3.33. The van der Waals surface area contributed by atoms with Crippen LogP contribution in [0.15, 0.2) is 46.0 Å². The van der Waals surface area contributed by atoms with Crippen LogP contribution in [-0.2, 0) is 10.0 Å². The number of urea groups is 1. The summed E-state index contributed by atoms with van der Waals surface area (Å²) >= 11 is 2.63. The van der Waals surface area contributed by atoms with Gasteiger partial charge in [-0.1, -0.05) is 29.5 Å². The number of hydrogen-bond donors (Lipinski definition) is 2. The smallest absolute Gasteiger partial charge is 0.323 e. The zero-order valence-corrected chi connectivity index (χ0v) is 16.7. The third kappa shape index (κ3) is 4.13. The van der Waals surface area contributed by atoms with Crippen molar-refractivity contribution in [3.05, 3.63) is 41.8 Å². The van der Waals surface area contributed by atoms with Gasteiger partial charge in [0.05, 0.1) is 10.2 Å². The number of hydrogen-bond acceptors (Lipinski definition) is 6. The second-order valence-electron chi connectivity index (χ2n) is 6.23. The third-order valence-electron chi connectivity index (χ3n) is 4.37. The second-order valence-corrected chi connectivity index (χ2v) is 10.2. The molecule has 0 unspecified atom stereocenters. The molecular weight excluding hydrogens is 404 g/mol. The molecule has 2 amide bonds. The van der Waals surface area contributed by atoms with Crippen molar-refractivity contribution >= 4 is 54.1 Å². The van der Waals surface area contributed by atoms with E-state index >= 15 is 0 Å². The van der Waals surface area contributed by atoms with Gasteiger partial charge >= 0.3 is 6.03 Å². The van der Waals surface area contributed by atoms with Crippen LogP contribution in [0.3, 0.4) is 0 Å². The molecule has 2 aromatic heterocycles. The quantitative estimate of drug-likeness (QED) is 0.675. The third-order valence-corrected chi connectivity index (χ3v) is 8.24. The minimum absolute atomic E-state index is 0.163. The fourth-order valence-corrected chi connectivity index (χ4v) is 6.16. The molecule has 3 aromatic rings. The number of carbonyl (C=O) groups is 1. The van der Waals surface area contributed by atoms with E-state index in [0.717, 1.165) is 10.2 Å². The van der Waals surface area contributed by atoms with Crippen molar-refractivity contribution in [1.29, 1.82) is 0 Å². The predicted molar refractivity (Wildman–Crippen MR) is 108 cm³/mol. The molecule has 1 saturated heterocycles. The highest BCUT2D eigenvalue weighted by Crippen LogP contribution is 2.26. The molecule has 1 fully saturated rings. The van der Waals surface area contributed by atoms with E-state index in [0.29, 0.717) is 35.3 Å². The summed E-state index contributed by atoms with van der Waals surface area (Å²) in [5.41, 5.74) is 0.861. The summed E-state index contributed by atoms with van der Waals surface area (Å²) in [6.07, 6.45) is 1.16. The number of carbonyl (C=O) groups excluding carboxylic acids is 1. The Morgan fingerprint density at radius 2 is 1.93 bits per heavy atom. The van der Waals surface area contributed by atoms with E-state index in [9.17, 15) is 13.2 Å². The van der Waals surface area contributed by atoms with Gasteiger partial charge in [-0.05, 0) is 36.4 Å². The molecule has 0 bridgehead atoms. The van der Waals surface area contributed by atoms with Crippen LogP contribution in [0.5, 0.6) is 0 Å². The first-order valence-corrected chi connectivity index (χ1v) is 11.7. The van der Waals surface area contributed by atoms with Gasteiger partial charge in [0, 0.05) is 19.1 Å².